The van der Waals surface area contributed by atoms with Crippen LogP contribution in [0.2, 0.25) is 0 Å². The Morgan fingerprint density at radius 3 is 2.33 bits per heavy atom. The number of benzene rings is 1. The van der Waals surface area contributed by atoms with Gasteiger partial charge in [-0.25, -0.2) is 8.42 Å². The molecule has 1 aromatic rings. The third-order valence-electron chi connectivity index (χ3n) is 2.30. The first-order valence-corrected chi connectivity index (χ1v) is 6.72. The second-order valence-electron chi connectivity index (χ2n) is 3.49. The maximum absolute atomic E-state index is 12.2. The highest BCUT2D eigenvalue weighted by atomic mass is 32.2. The van der Waals surface area contributed by atoms with Crippen LogP contribution in [0.5, 0.6) is 0 Å². The Kier molecular flexibility index (Phi) is 5.25. The van der Waals surface area contributed by atoms with E-state index in [1.54, 1.807) is 0 Å². The van der Waals surface area contributed by atoms with E-state index in [4.69, 9.17) is 15.5 Å². The molecule has 0 saturated heterocycles. The number of sulfonamides is 1. The van der Waals surface area contributed by atoms with E-state index in [0.717, 1.165) is 4.31 Å². The van der Waals surface area contributed by atoms with Gasteiger partial charge in [0.15, 0.2) is 0 Å². The van der Waals surface area contributed by atoms with Gasteiger partial charge >= 0.3 is 0 Å². The zero-order valence-electron chi connectivity index (χ0n) is 9.65. The molecule has 0 aliphatic carbocycles. The third-order valence-corrected chi connectivity index (χ3v) is 4.19. The number of aliphatic hydroxyl groups is 2. The van der Waals surface area contributed by atoms with E-state index in [9.17, 15) is 8.42 Å². The second-order valence-corrected chi connectivity index (χ2v) is 5.43. The van der Waals surface area contributed by atoms with Crippen molar-refractivity contribution in [2.75, 3.05) is 26.3 Å². The van der Waals surface area contributed by atoms with Gasteiger partial charge in [0.1, 0.15) is 0 Å². The lowest BCUT2D eigenvalue weighted by atomic mass is 10.2. The topological polar surface area (TPSA) is 102 Å². The van der Waals surface area contributed by atoms with Gasteiger partial charge in [-0.05, 0) is 18.2 Å². The summed E-state index contributed by atoms with van der Waals surface area (Å²) < 4.78 is 25.3. The first-order valence-electron chi connectivity index (χ1n) is 5.28. The van der Waals surface area contributed by atoms with Gasteiger partial charge in [0, 0.05) is 13.1 Å². The van der Waals surface area contributed by atoms with Crippen LogP contribution >= 0.6 is 0 Å². The minimum absolute atomic E-state index is 0.0246. The molecule has 0 atom stereocenters. The molecular weight excluding hydrogens is 256 g/mol. The predicted molar refractivity (Wildman–Crippen MR) is 64.1 cm³/mol. The molecule has 0 saturated carbocycles. The third kappa shape index (κ3) is 3.27. The standard InChI is InChI=1S/C11H14N2O4S/c12-9-10-2-1-3-11(8-10)18(16,17)13(4-6-14)5-7-15/h1-3,8,14-15H,4-7H2. The van der Waals surface area contributed by atoms with E-state index in [1.807, 2.05) is 6.07 Å². The molecule has 1 aromatic carbocycles. The van der Waals surface area contributed by atoms with Crippen LogP contribution in [0.15, 0.2) is 29.2 Å². The van der Waals surface area contributed by atoms with Crippen LogP contribution in [-0.4, -0.2) is 49.2 Å². The first-order chi connectivity index (χ1) is 8.56. The van der Waals surface area contributed by atoms with E-state index >= 15 is 0 Å². The molecule has 98 valence electrons. The molecular formula is C11H14N2O4S. The van der Waals surface area contributed by atoms with E-state index in [2.05, 4.69) is 0 Å². The molecule has 0 bridgehead atoms. The maximum atomic E-state index is 12.2. The summed E-state index contributed by atoms with van der Waals surface area (Å²) in [7, 11) is -3.80. The molecule has 0 fully saturated rings. The fourth-order valence-electron chi connectivity index (χ4n) is 1.45. The summed E-state index contributed by atoms with van der Waals surface area (Å²) in [5.41, 5.74) is 0.240. The van der Waals surface area contributed by atoms with Crippen molar-refractivity contribution in [2.24, 2.45) is 0 Å². The number of hydrogen-bond acceptors (Lipinski definition) is 5. The van der Waals surface area contributed by atoms with Gasteiger partial charge < -0.3 is 10.2 Å². The Labute approximate surface area is 106 Å². The Bertz CT molecular complexity index is 530. The van der Waals surface area contributed by atoms with Crippen molar-refractivity contribution in [3.63, 3.8) is 0 Å². The number of nitrogens with zero attached hydrogens (tertiary/aromatic N) is 2. The molecule has 7 heteroatoms. The van der Waals surface area contributed by atoms with Gasteiger partial charge in [-0.15, -0.1) is 0 Å². The molecule has 0 aromatic heterocycles. The number of rotatable bonds is 6. The number of hydrogen-bond donors (Lipinski definition) is 2. The van der Waals surface area contributed by atoms with Crippen molar-refractivity contribution in [1.82, 2.24) is 4.31 Å². The molecule has 0 aliphatic heterocycles. The van der Waals surface area contributed by atoms with Gasteiger partial charge in [0.25, 0.3) is 0 Å². The van der Waals surface area contributed by atoms with Gasteiger partial charge in [-0.1, -0.05) is 6.07 Å². The van der Waals surface area contributed by atoms with Crippen molar-refractivity contribution in [2.45, 2.75) is 4.90 Å². The Hall–Kier alpha value is -1.46. The lowest BCUT2D eigenvalue weighted by Gasteiger charge is -2.20. The van der Waals surface area contributed by atoms with E-state index in [0.29, 0.717) is 0 Å². The highest BCUT2D eigenvalue weighted by molar-refractivity contribution is 7.89. The van der Waals surface area contributed by atoms with Crippen LogP contribution in [-0.2, 0) is 10.0 Å². The van der Waals surface area contributed by atoms with E-state index in [1.165, 1.54) is 24.3 Å². The maximum Gasteiger partial charge on any atom is 0.243 e. The minimum atomic E-state index is -3.80. The molecule has 0 unspecified atom stereocenters. The molecule has 0 heterocycles. The lowest BCUT2D eigenvalue weighted by molar-refractivity contribution is 0.217. The van der Waals surface area contributed by atoms with E-state index < -0.39 is 10.0 Å². The van der Waals surface area contributed by atoms with Gasteiger partial charge in [-0.3, -0.25) is 0 Å². The van der Waals surface area contributed by atoms with E-state index in [-0.39, 0.29) is 36.8 Å². The zero-order chi connectivity index (χ0) is 13.6. The summed E-state index contributed by atoms with van der Waals surface area (Å²) >= 11 is 0. The summed E-state index contributed by atoms with van der Waals surface area (Å²) in [5, 5.41) is 26.4. The molecule has 6 nitrogen and oxygen atoms in total. The van der Waals surface area contributed by atoms with Crippen molar-refractivity contribution < 1.29 is 18.6 Å². The average molecular weight is 270 g/mol. The van der Waals surface area contributed by atoms with Gasteiger partial charge in [0.2, 0.25) is 10.0 Å². The summed E-state index contributed by atoms with van der Waals surface area (Å²) in [6.07, 6.45) is 0. The van der Waals surface area contributed by atoms with Crippen molar-refractivity contribution >= 4 is 10.0 Å². The molecule has 0 radical (unpaired) electrons. The summed E-state index contributed by atoms with van der Waals surface area (Å²) in [6, 6.07) is 7.47. The molecule has 0 aliphatic rings. The highest BCUT2D eigenvalue weighted by Gasteiger charge is 2.23. The van der Waals surface area contributed by atoms with Crippen molar-refractivity contribution in [3.05, 3.63) is 29.8 Å². The monoisotopic (exact) mass is 270 g/mol. The normalized spacial score (nSPS) is 11.4. The Balaban J connectivity index is 3.13. The molecule has 18 heavy (non-hydrogen) atoms. The SMILES string of the molecule is N#Cc1cccc(S(=O)(=O)N(CCO)CCO)c1. The van der Waals surface area contributed by atoms with Crippen LogP contribution in [0.25, 0.3) is 0 Å². The van der Waals surface area contributed by atoms with Crippen molar-refractivity contribution in [1.29, 1.82) is 5.26 Å². The summed E-state index contributed by atoms with van der Waals surface area (Å²) in [4.78, 5) is -0.0246. The quantitative estimate of drug-likeness (QED) is 0.728. The van der Waals surface area contributed by atoms with Crippen molar-refractivity contribution in [3.8, 4) is 6.07 Å². The van der Waals surface area contributed by atoms with Crippen LogP contribution in [0.4, 0.5) is 0 Å². The van der Waals surface area contributed by atoms with Gasteiger partial charge in [-0.2, -0.15) is 9.57 Å². The fourth-order valence-corrected chi connectivity index (χ4v) is 2.92. The average Bonchev–Trinajstić information content (AvgIpc) is 2.38. The predicted octanol–water partition coefficient (Wildman–Crippen LogP) is -0.466. The Morgan fingerprint density at radius 2 is 1.83 bits per heavy atom. The molecule has 0 spiro atoms. The zero-order valence-corrected chi connectivity index (χ0v) is 10.5. The fraction of sp³-hybridized carbons (Fsp3) is 0.364. The van der Waals surface area contributed by atoms with Crippen LogP contribution in [0.1, 0.15) is 5.56 Å². The molecule has 1 rings (SSSR count). The van der Waals surface area contributed by atoms with Gasteiger partial charge in [0.05, 0.1) is 29.7 Å². The smallest absolute Gasteiger partial charge is 0.243 e. The van der Waals surface area contributed by atoms with Crippen LogP contribution in [0.3, 0.4) is 0 Å². The number of aliphatic hydroxyl groups excluding tert-OH is 2. The number of nitriles is 1. The minimum Gasteiger partial charge on any atom is -0.395 e. The van der Waals surface area contributed by atoms with Crippen LogP contribution in [0, 0.1) is 11.3 Å². The second kappa shape index (κ2) is 6.47. The first kappa shape index (κ1) is 14.6. The largest absolute Gasteiger partial charge is 0.395 e. The highest BCUT2D eigenvalue weighted by Crippen LogP contribution is 2.16. The Morgan fingerprint density at radius 1 is 1.22 bits per heavy atom. The lowest BCUT2D eigenvalue weighted by Crippen LogP contribution is -2.35. The van der Waals surface area contributed by atoms with Crippen LogP contribution < -0.4 is 0 Å². The molecule has 2 N–H and O–H groups in total. The molecule has 0 amide bonds. The summed E-state index contributed by atoms with van der Waals surface area (Å²) in [5.74, 6) is 0. The summed E-state index contributed by atoms with van der Waals surface area (Å²) in [6.45, 7) is -0.867.